The Morgan fingerprint density at radius 1 is 0.170 bits per heavy atom. The molecular weight excluding hydrogens is 1280 g/mol. The maximum Gasteiger partial charge on any atom is 0.252 e. The summed E-state index contributed by atoms with van der Waals surface area (Å²) in [5.41, 5.74) is 37.0. The van der Waals surface area contributed by atoms with E-state index in [1.165, 1.54) is 105 Å². The zero-order chi connectivity index (χ0) is 70.0. The van der Waals surface area contributed by atoms with Crippen molar-refractivity contribution in [1.82, 2.24) is 4.57 Å². The van der Waals surface area contributed by atoms with Crippen LogP contribution in [0.3, 0.4) is 0 Å². The lowest BCUT2D eigenvalue weighted by molar-refractivity contribution is 1.16. The topological polar surface area (TPSA) is 11.4 Å². The third-order valence-electron chi connectivity index (χ3n) is 21.7. The van der Waals surface area contributed by atoms with E-state index in [0.29, 0.717) is 0 Å². The van der Waals surface area contributed by atoms with E-state index >= 15 is 0 Å². The number of para-hydroxylation sites is 2. The molecule has 18 aromatic rings. The van der Waals surface area contributed by atoms with Gasteiger partial charge in [-0.3, -0.25) is 0 Å². The molecular formula is C102H68BN3. The Balaban J connectivity index is 0.885. The maximum absolute atomic E-state index is 2.59. The van der Waals surface area contributed by atoms with Crippen LogP contribution in [-0.2, 0) is 0 Å². The molecule has 0 N–H and O–H groups in total. The first kappa shape index (κ1) is 62.0. The number of hydrogen-bond acceptors (Lipinski definition) is 2. The molecule has 4 heteroatoms. The molecule has 1 aromatic heterocycles. The lowest BCUT2D eigenvalue weighted by Gasteiger charge is -2.44. The maximum atomic E-state index is 2.59. The minimum Gasteiger partial charge on any atom is -0.311 e. The molecule has 20 rings (SSSR count). The van der Waals surface area contributed by atoms with Crippen LogP contribution < -0.4 is 26.2 Å². The highest BCUT2D eigenvalue weighted by Crippen LogP contribution is 2.49. The lowest BCUT2D eigenvalue weighted by atomic mass is 9.33. The van der Waals surface area contributed by atoms with Gasteiger partial charge in [-0.15, -0.1) is 0 Å². The largest absolute Gasteiger partial charge is 0.311 e. The van der Waals surface area contributed by atoms with Crippen LogP contribution in [0.4, 0.5) is 34.1 Å². The van der Waals surface area contributed by atoms with Gasteiger partial charge in [0.05, 0.1) is 16.7 Å². The highest BCUT2D eigenvalue weighted by Gasteiger charge is 2.44. The van der Waals surface area contributed by atoms with Gasteiger partial charge in [-0.25, -0.2) is 0 Å². The van der Waals surface area contributed by atoms with Crippen molar-refractivity contribution >= 4 is 79.0 Å². The van der Waals surface area contributed by atoms with Crippen LogP contribution >= 0.6 is 0 Å². The molecule has 0 unspecified atom stereocenters. The molecule has 0 amide bonds. The Kier molecular flexibility index (Phi) is 15.3. The van der Waals surface area contributed by atoms with Crippen LogP contribution in [0.1, 0.15) is 0 Å². The summed E-state index contributed by atoms with van der Waals surface area (Å²) in [6, 6.07) is 153. The molecule has 0 saturated heterocycles. The Hall–Kier alpha value is -13.8. The van der Waals surface area contributed by atoms with Gasteiger partial charge in [0, 0.05) is 44.9 Å². The average molecular weight is 1350 g/mol. The van der Waals surface area contributed by atoms with E-state index in [4.69, 9.17) is 0 Å². The van der Waals surface area contributed by atoms with Gasteiger partial charge >= 0.3 is 0 Å². The molecule has 2 aliphatic heterocycles. The molecule has 0 spiro atoms. The van der Waals surface area contributed by atoms with Crippen LogP contribution in [0.2, 0.25) is 0 Å². The molecule has 106 heavy (non-hydrogen) atoms. The van der Waals surface area contributed by atoms with Gasteiger partial charge in [-0.05, 0) is 225 Å². The van der Waals surface area contributed by atoms with Gasteiger partial charge in [-0.1, -0.05) is 315 Å². The molecule has 0 bridgehead atoms. The van der Waals surface area contributed by atoms with E-state index in [2.05, 4.69) is 427 Å². The van der Waals surface area contributed by atoms with E-state index in [9.17, 15) is 0 Å². The van der Waals surface area contributed by atoms with Gasteiger partial charge in [0.15, 0.2) is 0 Å². The molecule has 3 nitrogen and oxygen atoms in total. The van der Waals surface area contributed by atoms with Gasteiger partial charge in [0.25, 0.3) is 6.71 Å². The minimum absolute atomic E-state index is 0.223. The molecule has 3 heterocycles. The Morgan fingerprint density at radius 3 is 0.774 bits per heavy atom. The first-order valence-corrected chi connectivity index (χ1v) is 36.6. The quantitative estimate of drug-likeness (QED) is 0.107. The van der Waals surface area contributed by atoms with Crippen LogP contribution in [0.25, 0.3) is 139 Å². The summed E-state index contributed by atoms with van der Waals surface area (Å²) in [5.74, 6) is 0. The van der Waals surface area contributed by atoms with Gasteiger partial charge < -0.3 is 14.4 Å². The number of aromatic nitrogens is 1. The van der Waals surface area contributed by atoms with Crippen molar-refractivity contribution in [3.05, 3.63) is 413 Å². The van der Waals surface area contributed by atoms with Crippen molar-refractivity contribution in [1.29, 1.82) is 0 Å². The molecule has 0 atom stereocenters. The number of hydrogen-bond donors (Lipinski definition) is 0. The first-order chi connectivity index (χ1) is 52.6. The molecule has 0 radical (unpaired) electrons. The summed E-state index contributed by atoms with van der Waals surface area (Å²) in [7, 11) is 0. The fourth-order valence-electron chi connectivity index (χ4n) is 16.8. The van der Waals surface area contributed by atoms with Gasteiger partial charge in [0.1, 0.15) is 0 Å². The van der Waals surface area contributed by atoms with Gasteiger partial charge in [-0.2, -0.15) is 0 Å². The summed E-state index contributed by atoms with van der Waals surface area (Å²) < 4.78 is 2.59. The summed E-state index contributed by atoms with van der Waals surface area (Å²) >= 11 is 0. The van der Waals surface area contributed by atoms with Crippen molar-refractivity contribution in [2.24, 2.45) is 0 Å². The van der Waals surface area contributed by atoms with E-state index in [1.807, 2.05) is 0 Å². The number of fused-ring (bicyclic) bond motifs is 7. The third kappa shape index (κ3) is 10.9. The van der Waals surface area contributed by atoms with Crippen LogP contribution in [0, 0.1) is 0 Å². The summed E-state index contributed by atoms with van der Waals surface area (Å²) in [6.07, 6.45) is 0. The second kappa shape index (κ2) is 26.2. The van der Waals surface area contributed by atoms with Crippen molar-refractivity contribution in [3.8, 4) is 117 Å². The van der Waals surface area contributed by atoms with Crippen molar-refractivity contribution in [2.45, 2.75) is 0 Å². The summed E-state index contributed by atoms with van der Waals surface area (Å²) in [6.45, 7) is -0.223. The number of nitrogens with zero attached hydrogens (tertiary/aromatic N) is 3. The van der Waals surface area contributed by atoms with Crippen molar-refractivity contribution in [2.75, 3.05) is 9.80 Å². The minimum atomic E-state index is -0.223. The molecule has 2 aliphatic rings. The Labute approximate surface area is 618 Å². The smallest absolute Gasteiger partial charge is 0.252 e. The first-order valence-electron chi connectivity index (χ1n) is 36.6. The predicted molar refractivity (Wildman–Crippen MR) is 449 cm³/mol. The zero-order valence-electron chi connectivity index (χ0n) is 58.2. The van der Waals surface area contributed by atoms with Crippen LogP contribution in [0.5, 0.6) is 0 Å². The monoisotopic (exact) mass is 1350 g/mol. The molecule has 0 fully saturated rings. The number of rotatable bonds is 13. The summed E-state index contributed by atoms with van der Waals surface area (Å²) in [4.78, 5) is 5.13. The standard InChI is InChI=1S/C102H68BN3/c1-9-29-69(30-10-1)79-57-80(70-31-11-2-12-32-70)60-83(59-79)75-49-53-92-93-54-50-76(84-61-81(71-33-13-3-14-34-71)58-82(62-84)72-35-15-4-16-36-72)66-99(93)106(98(92)65-75)87-67-100-102-101(68-87)105(86-43-23-8-24-44-86)97-56-52-78(91-48-28-26-46-89(91)74-39-19-6-20-40-74)64-95(97)103(102)94-63-77(51-55-96(94)104(100)85-41-21-7-22-42-85)90-47-27-25-45-88(90)73-37-17-5-18-38-73/h1-68H. The second-order valence-corrected chi connectivity index (χ2v) is 27.9. The van der Waals surface area contributed by atoms with E-state index in [0.717, 1.165) is 84.2 Å². The van der Waals surface area contributed by atoms with Crippen molar-refractivity contribution in [3.63, 3.8) is 0 Å². The molecule has 0 saturated carbocycles. The van der Waals surface area contributed by atoms with Crippen LogP contribution in [0.15, 0.2) is 413 Å². The normalized spacial score (nSPS) is 12.1. The Morgan fingerprint density at radius 2 is 0.443 bits per heavy atom. The fourth-order valence-corrected chi connectivity index (χ4v) is 16.8. The third-order valence-corrected chi connectivity index (χ3v) is 21.7. The fraction of sp³-hybridized carbons (Fsp3) is 0. The molecule has 17 aromatic carbocycles. The van der Waals surface area contributed by atoms with E-state index < -0.39 is 0 Å². The molecule has 0 aliphatic carbocycles. The average Bonchev–Trinajstić information content (AvgIpc) is 0.887. The zero-order valence-corrected chi connectivity index (χ0v) is 58.2. The summed E-state index contributed by atoms with van der Waals surface area (Å²) in [5, 5.41) is 2.34. The highest BCUT2D eigenvalue weighted by atomic mass is 15.2. The molecule has 494 valence electrons. The SMILES string of the molecule is c1ccc(-c2cc(-c3ccccc3)cc(-c3ccc4c5ccc(-c6cc(-c7ccccc7)cc(-c7ccccc7)c6)cc5n(-c5cc6c7c(c5)N(c5ccccc5)c5ccc(-c8ccccc8-c8ccccc8)cc5B7c5cc(-c7ccccc7-c7ccccc7)ccc5N6c5ccccc5)c4c3)c2)cc1. The predicted octanol–water partition coefficient (Wildman–Crippen LogP) is 25.5. The Bertz CT molecular complexity index is 5860. The van der Waals surface area contributed by atoms with Gasteiger partial charge in [0.2, 0.25) is 0 Å². The number of anilines is 6. The van der Waals surface area contributed by atoms with E-state index in [1.54, 1.807) is 0 Å². The second-order valence-electron chi connectivity index (χ2n) is 27.9. The van der Waals surface area contributed by atoms with Crippen LogP contribution in [-0.4, -0.2) is 11.3 Å². The number of benzene rings is 17. The van der Waals surface area contributed by atoms with Crippen molar-refractivity contribution < 1.29 is 0 Å². The van der Waals surface area contributed by atoms with E-state index in [-0.39, 0.29) is 6.71 Å². The lowest BCUT2D eigenvalue weighted by Crippen LogP contribution is -2.61. The highest BCUT2D eigenvalue weighted by molar-refractivity contribution is 7.00.